The largest absolute Gasteiger partial charge is 0.344 e. The molecule has 0 spiro atoms. The Bertz CT molecular complexity index is 4500. The molecule has 1 N–H and O–H groups in total. The summed E-state index contributed by atoms with van der Waals surface area (Å²) < 4.78 is 10.1. The first-order chi connectivity index (χ1) is 34.7. The van der Waals surface area contributed by atoms with Crippen molar-refractivity contribution in [2.45, 2.75) is 6.17 Å². The van der Waals surface area contributed by atoms with Crippen LogP contribution in [0.3, 0.4) is 0 Å². The van der Waals surface area contributed by atoms with Gasteiger partial charge in [-0.1, -0.05) is 164 Å². The summed E-state index contributed by atoms with van der Waals surface area (Å²) in [5.74, 6) is 1.52. The van der Waals surface area contributed by atoms with Crippen molar-refractivity contribution >= 4 is 118 Å². The maximum atomic E-state index is 5.40. The second kappa shape index (κ2) is 15.5. The highest BCUT2D eigenvalue weighted by atomic mass is 32.1. The van der Waals surface area contributed by atoms with Crippen LogP contribution < -0.4 is 5.32 Å². The van der Waals surface area contributed by atoms with Crippen molar-refractivity contribution in [3.63, 3.8) is 0 Å². The Kier molecular flexibility index (Phi) is 8.69. The van der Waals surface area contributed by atoms with Gasteiger partial charge < -0.3 is 14.5 Å². The molecule has 0 aliphatic carbocycles. The molecule has 0 saturated heterocycles. The van der Waals surface area contributed by atoms with E-state index in [1.807, 2.05) is 34.8 Å². The first-order valence-corrected chi connectivity index (χ1v) is 25.3. The zero-order valence-corrected chi connectivity index (χ0v) is 39.2. The molecule has 0 radical (unpaired) electrons. The molecular formula is C63H39N5S2. The number of hydrogen-bond acceptors (Lipinski definition) is 5. The van der Waals surface area contributed by atoms with Gasteiger partial charge in [0.25, 0.3) is 0 Å². The predicted molar refractivity (Wildman–Crippen MR) is 298 cm³/mol. The lowest BCUT2D eigenvalue weighted by Crippen LogP contribution is -2.33. The number of aliphatic imine (C=N–C) groups is 2. The fourth-order valence-corrected chi connectivity index (χ4v) is 13.5. The number of amidine groups is 2. The molecule has 0 amide bonds. The number of hydrogen-bond donors (Lipinski definition) is 1. The molecule has 4 aromatic heterocycles. The quantitative estimate of drug-likeness (QED) is 0.177. The fraction of sp³-hybridized carbons (Fsp3) is 0.0159. The SMILES string of the molecule is c1ccc(C2=NC(c3ccc(-n4c5ccccc5c5cc(-c6ccc7sc8ccccc8c7c6)c6c(c7ccccc7n6-c6ccccc6)c54)c4c3sc3ccccc34)NC(c3ccccc3)=N2)cc1. The summed E-state index contributed by atoms with van der Waals surface area (Å²) in [5.41, 5.74) is 12.5. The topological polar surface area (TPSA) is 46.6 Å². The van der Waals surface area contributed by atoms with Crippen LogP contribution in [0.1, 0.15) is 22.9 Å². The Morgan fingerprint density at radius 2 is 1.03 bits per heavy atom. The molecule has 5 nitrogen and oxygen atoms in total. The smallest absolute Gasteiger partial charge is 0.159 e. The first kappa shape index (κ1) is 39.4. The molecular weight excluding hydrogens is 891 g/mol. The lowest BCUT2D eigenvalue weighted by Gasteiger charge is -2.24. The summed E-state index contributed by atoms with van der Waals surface area (Å²) in [4.78, 5) is 10.5. The number of aromatic nitrogens is 2. The number of thiophene rings is 2. The van der Waals surface area contributed by atoms with Gasteiger partial charge in [-0.3, -0.25) is 0 Å². The zero-order valence-electron chi connectivity index (χ0n) is 37.5. The van der Waals surface area contributed by atoms with Gasteiger partial charge in [0.1, 0.15) is 12.0 Å². The fourth-order valence-electron chi connectivity index (χ4n) is 11.1. The van der Waals surface area contributed by atoms with E-state index >= 15 is 0 Å². The number of rotatable bonds is 6. The highest BCUT2D eigenvalue weighted by Crippen LogP contribution is 2.50. The summed E-state index contributed by atoms with van der Waals surface area (Å²) in [6.07, 6.45) is -0.388. The van der Waals surface area contributed by atoms with E-state index in [0.717, 1.165) is 39.4 Å². The van der Waals surface area contributed by atoms with E-state index in [1.54, 1.807) is 0 Å². The summed E-state index contributed by atoms with van der Waals surface area (Å²) in [5, 5.41) is 13.7. The molecule has 1 unspecified atom stereocenters. The third-order valence-corrected chi connectivity index (χ3v) is 16.5. The van der Waals surface area contributed by atoms with Gasteiger partial charge in [0.2, 0.25) is 0 Å². The molecule has 14 aromatic rings. The predicted octanol–water partition coefficient (Wildman–Crippen LogP) is 16.8. The van der Waals surface area contributed by atoms with Crippen LogP contribution in [0.25, 0.3) is 106 Å². The van der Waals surface area contributed by atoms with Crippen molar-refractivity contribution < 1.29 is 0 Å². The third-order valence-electron chi connectivity index (χ3n) is 14.2. The van der Waals surface area contributed by atoms with Gasteiger partial charge >= 0.3 is 0 Å². The van der Waals surface area contributed by atoms with Crippen molar-refractivity contribution in [1.29, 1.82) is 0 Å². The van der Waals surface area contributed by atoms with Crippen molar-refractivity contribution in [2.75, 3.05) is 0 Å². The monoisotopic (exact) mass is 929 g/mol. The molecule has 7 heteroatoms. The molecule has 10 aromatic carbocycles. The third kappa shape index (κ3) is 5.89. The second-order valence-electron chi connectivity index (χ2n) is 18.1. The molecule has 328 valence electrons. The molecule has 0 saturated carbocycles. The normalized spacial score (nSPS) is 14.1. The maximum Gasteiger partial charge on any atom is 0.159 e. The van der Waals surface area contributed by atoms with Gasteiger partial charge in [-0.25, -0.2) is 9.98 Å². The zero-order chi connectivity index (χ0) is 45.9. The van der Waals surface area contributed by atoms with Crippen molar-refractivity contribution in [3.05, 3.63) is 241 Å². The molecule has 1 aliphatic heterocycles. The van der Waals surface area contributed by atoms with Crippen LogP contribution in [0.15, 0.2) is 234 Å². The van der Waals surface area contributed by atoms with Crippen LogP contribution in [0.5, 0.6) is 0 Å². The van der Waals surface area contributed by atoms with Crippen molar-refractivity contribution in [3.8, 4) is 22.5 Å². The number of fused-ring (bicyclic) bond motifs is 13. The van der Waals surface area contributed by atoms with Crippen LogP contribution in [0.2, 0.25) is 0 Å². The first-order valence-electron chi connectivity index (χ1n) is 23.7. The van der Waals surface area contributed by atoms with E-state index in [1.165, 1.54) is 89.6 Å². The Morgan fingerprint density at radius 3 is 1.80 bits per heavy atom. The summed E-state index contributed by atoms with van der Waals surface area (Å²) >= 11 is 3.71. The molecule has 70 heavy (non-hydrogen) atoms. The van der Waals surface area contributed by atoms with Gasteiger partial charge in [-0.2, -0.15) is 0 Å². The van der Waals surface area contributed by atoms with Gasteiger partial charge in [-0.05, 0) is 66.2 Å². The van der Waals surface area contributed by atoms with Gasteiger partial charge in [0.05, 0.1) is 27.8 Å². The Balaban J connectivity index is 1.05. The average molecular weight is 930 g/mol. The molecule has 15 rings (SSSR count). The highest BCUT2D eigenvalue weighted by Gasteiger charge is 2.29. The van der Waals surface area contributed by atoms with Gasteiger partial charge in [0.15, 0.2) is 5.84 Å². The van der Waals surface area contributed by atoms with Crippen molar-refractivity contribution in [2.24, 2.45) is 9.98 Å². The molecule has 0 bridgehead atoms. The molecule has 0 fully saturated rings. The minimum absolute atomic E-state index is 0.388. The number of nitrogens with one attached hydrogen (secondary N) is 1. The van der Waals surface area contributed by atoms with Crippen LogP contribution in [-0.2, 0) is 0 Å². The molecule has 1 aliphatic rings. The standard InChI is InChI=1S/C63H39N5S2/c1-4-18-38(19-5-1)61-64-62(39-20-6-2-7-21-39)66-63(65-61)46-33-34-52(56-45-27-13-17-31-54(45)70-60(46)56)68-50-28-14-10-24-42(50)49-37-47(40-32-35-55-48(36-40)43-25-12-16-30-53(43)69-55)58-57(59(49)68)44-26-11-15-29-51(44)67(58)41-22-8-3-9-23-41/h1-37,63H,(H,64,65,66). The van der Waals surface area contributed by atoms with E-state index < -0.39 is 0 Å². The van der Waals surface area contributed by atoms with E-state index in [2.05, 4.69) is 227 Å². The Hall–Kier alpha value is -8.62. The summed E-state index contributed by atoms with van der Waals surface area (Å²) in [7, 11) is 0. The van der Waals surface area contributed by atoms with Crippen molar-refractivity contribution in [1.82, 2.24) is 14.5 Å². The average Bonchev–Trinajstić information content (AvgIpc) is 4.20. The van der Waals surface area contributed by atoms with Crippen LogP contribution in [0.4, 0.5) is 0 Å². The second-order valence-corrected chi connectivity index (χ2v) is 20.2. The highest BCUT2D eigenvalue weighted by molar-refractivity contribution is 7.26. The van der Waals surface area contributed by atoms with Gasteiger partial charge in [-0.15, -0.1) is 22.7 Å². The lowest BCUT2D eigenvalue weighted by atomic mass is 9.96. The lowest BCUT2D eigenvalue weighted by molar-refractivity contribution is 0.680. The summed E-state index contributed by atoms with van der Waals surface area (Å²) in [6, 6.07) is 81.5. The summed E-state index contributed by atoms with van der Waals surface area (Å²) in [6.45, 7) is 0. The van der Waals surface area contributed by atoms with Gasteiger partial charge in [0, 0.05) is 89.8 Å². The molecule has 1 atom stereocenters. The van der Waals surface area contributed by atoms with E-state index in [4.69, 9.17) is 9.98 Å². The molecule has 5 heterocycles. The van der Waals surface area contributed by atoms with E-state index in [0.29, 0.717) is 5.84 Å². The number of para-hydroxylation sites is 3. The van der Waals surface area contributed by atoms with Crippen LogP contribution in [-0.4, -0.2) is 20.8 Å². The number of benzene rings is 10. The Morgan fingerprint density at radius 1 is 0.414 bits per heavy atom. The minimum atomic E-state index is -0.388. The maximum absolute atomic E-state index is 5.40. The number of nitrogens with zero attached hydrogens (tertiary/aromatic N) is 4. The van der Waals surface area contributed by atoms with Crippen LogP contribution >= 0.6 is 22.7 Å². The van der Waals surface area contributed by atoms with E-state index in [9.17, 15) is 0 Å². The Labute approximate surface area is 410 Å². The minimum Gasteiger partial charge on any atom is -0.344 e. The van der Waals surface area contributed by atoms with E-state index in [-0.39, 0.29) is 6.17 Å². The van der Waals surface area contributed by atoms with Crippen LogP contribution in [0, 0.1) is 0 Å².